The van der Waals surface area contributed by atoms with Crippen LogP contribution in [0.25, 0.3) is 11.0 Å². The summed E-state index contributed by atoms with van der Waals surface area (Å²) in [6.45, 7) is 3.98. The van der Waals surface area contributed by atoms with E-state index < -0.39 is 5.97 Å². The predicted molar refractivity (Wildman–Crippen MR) is 70.2 cm³/mol. The van der Waals surface area contributed by atoms with E-state index in [1.807, 2.05) is 0 Å². The fraction of sp³-hybridized carbons (Fsp3) is 0.462. The molecule has 0 fully saturated rings. The van der Waals surface area contributed by atoms with Crippen molar-refractivity contribution in [2.75, 3.05) is 13.2 Å². The molecule has 0 radical (unpaired) electrons. The number of benzene rings is 1. The molecule has 2 rings (SSSR count). The maximum atomic E-state index is 10.9. The summed E-state index contributed by atoms with van der Waals surface area (Å²) < 4.78 is 7.14. The van der Waals surface area contributed by atoms with Crippen LogP contribution in [0.5, 0.6) is 0 Å². The van der Waals surface area contributed by atoms with Gasteiger partial charge in [0.2, 0.25) is 0 Å². The van der Waals surface area contributed by atoms with Crippen molar-refractivity contribution < 1.29 is 14.6 Å². The van der Waals surface area contributed by atoms with Crippen LogP contribution in [0.1, 0.15) is 30.1 Å². The second-order valence-electron chi connectivity index (χ2n) is 4.29. The fourth-order valence-electron chi connectivity index (χ4n) is 1.76. The summed E-state index contributed by atoms with van der Waals surface area (Å²) in [6.07, 6.45) is 2.15. The lowest BCUT2D eigenvalue weighted by Gasteiger charge is -2.04. The van der Waals surface area contributed by atoms with Gasteiger partial charge in [-0.2, -0.15) is 0 Å². The molecule has 6 nitrogen and oxygen atoms in total. The van der Waals surface area contributed by atoms with Crippen molar-refractivity contribution in [3.8, 4) is 0 Å². The highest BCUT2D eigenvalue weighted by Crippen LogP contribution is 2.13. The molecule has 0 unspecified atom stereocenters. The second-order valence-corrected chi connectivity index (χ2v) is 4.29. The highest BCUT2D eigenvalue weighted by molar-refractivity contribution is 5.92. The van der Waals surface area contributed by atoms with Crippen LogP contribution >= 0.6 is 0 Å². The smallest absolute Gasteiger partial charge is 0.335 e. The van der Waals surface area contributed by atoms with Gasteiger partial charge in [0.05, 0.1) is 24.2 Å². The summed E-state index contributed by atoms with van der Waals surface area (Å²) in [5.74, 6) is -0.950. The number of fused-ring (bicyclic) bond motifs is 1. The topological polar surface area (TPSA) is 77.2 Å². The molecule has 1 heterocycles. The molecule has 0 bridgehead atoms. The standard InChI is InChI=1S/C13H17N3O3/c1-2-3-7-19-8-6-16-12-9-10(13(17)18)4-5-11(12)14-15-16/h4-5,9H,2-3,6-8H2,1H3,(H,17,18). The second kappa shape index (κ2) is 6.29. The van der Waals surface area contributed by atoms with E-state index in [2.05, 4.69) is 17.2 Å². The Labute approximate surface area is 111 Å². The Balaban J connectivity index is 2.06. The molecule has 0 atom stereocenters. The van der Waals surface area contributed by atoms with Crippen LogP contribution in [0.3, 0.4) is 0 Å². The SMILES string of the molecule is CCCCOCCn1nnc2ccc(C(=O)O)cc21. The first-order valence-electron chi connectivity index (χ1n) is 6.36. The van der Waals surface area contributed by atoms with Gasteiger partial charge < -0.3 is 9.84 Å². The van der Waals surface area contributed by atoms with Gasteiger partial charge in [-0.3, -0.25) is 0 Å². The van der Waals surface area contributed by atoms with Crippen molar-refractivity contribution in [2.45, 2.75) is 26.3 Å². The van der Waals surface area contributed by atoms with Gasteiger partial charge in [0.15, 0.2) is 0 Å². The van der Waals surface area contributed by atoms with Gasteiger partial charge in [0.25, 0.3) is 0 Å². The number of aromatic nitrogens is 3. The number of hydrogen-bond donors (Lipinski definition) is 1. The van der Waals surface area contributed by atoms with E-state index in [1.165, 1.54) is 6.07 Å². The summed E-state index contributed by atoms with van der Waals surface area (Å²) in [4.78, 5) is 10.9. The Bertz CT molecular complexity index is 565. The van der Waals surface area contributed by atoms with Crippen LogP contribution in [0.4, 0.5) is 0 Å². The molecular formula is C13H17N3O3. The number of hydrogen-bond acceptors (Lipinski definition) is 4. The van der Waals surface area contributed by atoms with E-state index in [-0.39, 0.29) is 5.56 Å². The molecule has 0 aliphatic carbocycles. The van der Waals surface area contributed by atoms with Gasteiger partial charge in [0, 0.05) is 6.61 Å². The number of unbranched alkanes of at least 4 members (excludes halogenated alkanes) is 1. The Morgan fingerprint density at radius 3 is 3.00 bits per heavy atom. The first-order chi connectivity index (χ1) is 9.22. The highest BCUT2D eigenvalue weighted by Gasteiger charge is 2.08. The van der Waals surface area contributed by atoms with E-state index in [0.717, 1.165) is 25.0 Å². The molecule has 2 aromatic rings. The predicted octanol–water partition coefficient (Wildman–Crippen LogP) is 1.95. The zero-order valence-corrected chi connectivity index (χ0v) is 10.9. The Morgan fingerprint density at radius 2 is 2.26 bits per heavy atom. The van der Waals surface area contributed by atoms with Crippen LogP contribution in [-0.2, 0) is 11.3 Å². The van der Waals surface area contributed by atoms with Gasteiger partial charge >= 0.3 is 5.97 Å². The first kappa shape index (κ1) is 13.5. The van der Waals surface area contributed by atoms with Crippen LogP contribution < -0.4 is 0 Å². The van der Waals surface area contributed by atoms with Crippen LogP contribution in [-0.4, -0.2) is 39.3 Å². The molecule has 19 heavy (non-hydrogen) atoms. The lowest BCUT2D eigenvalue weighted by molar-refractivity contribution is 0.0697. The fourth-order valence-corrected chi connectivity index (χ4v) is 1.76. The molecule has 1 aromatic carbocycles. The molecule has 6 heteroatoms. The maximum absolute atomic E-state index is 10.9. The zero-order chi connectivity index (χ0) is 13.7. The van der Waals surface area contributed by atoms with Gasteiger partial charge in [-0.25, -0.2) is 9.48 Å². The molecule has 102 valence electrons. The van der Waals surface area contributed by atoms with E-state index in [0.29, 0.717) is 18.7 Å². The number of ether oxygens (including phenoxy) is 1. The Hall–Kier alpha value is -1.95. The molecule has 0 spiro atoms. The average Bonchev–Trinajstić information content (AvgIpc) is 2.81. The minimum Gasteiger partial charge on any atom is -0.478 e. The summed E-state index contributed by atoms with van der Waals surface area (Å²) in [7, 11) is 0. The lowest BCUT2D eigenvalue weighted by Crippen LogP contribution is -2.08. The summed E-state index contributed by atoms with van der Waals surface area (Å²) in [5.41, 5.74) is 1.65. The Kier molecular flexibility index (Phi) is 4.46. The van der Waals surface area contributed by atoms with Crippen molar-refractivity contribution in [1.29, 1.82) is 0 Å². The first-order valence-corrected chi connectivity index (χ1v) is 6.36. The molecule has 0 saturated carbocycles. The minimum absolute atomic E-state index is 0.239. The van der Waals surface area contributed by atoms with E-state index in [4.69, 9.17) is 9.84 Å². The molecule has 1 aromatic heterocycles. The number of rotatable bonds is 7. The number of carboxylic acid groups (broad SMARTS) is 1. The number of carbonyl (C=O) groups is 1. The highest BCUT2D eigenvalue weighted by atomic mass is 16.5. The van der Waals surface area contributed by atoms with Gasteiger partial charge in [-0.1, -0.05) is 18.6 Å². The van der Waals surface area contributed by atoms with Gasteiger partial charge in [0.1, 0.15) is 5.52 Å². The molecule has 0 aliphatic heterocycles. The Morgan fingerprint density at radius 1 is 1.42 bits per heavy atom. The third-order valence-corrected chi connectivity index (χ3v) is 2.85. The van der Waals surface area contributed by atoms with E-state index >= 15 is 0 Å². The minimum atomic E-state index is -0.950. The number of carboxylic acids is 1. The van der Waals surface area contributed by atoms with Crippen molar-refractivity contribution in [2.24, 2.45) is 0 Å². The molecular weight excluding hydrogens is 246 g/mol. The number of aromatic carboxylic acids is 1. The van der Waals surface area contributed by atoms with Crippen LogP contribution in [0.15, 0.2) is 18.2 Å². The molecule has 0 aliphatic rings. The lowest BCUT2D eigenvalue weighted by atomic mass is 10.2. The third-order valence-electron chi connectivity index (χ3n) is 2.85. The van der Waals surface area contributed by atoms with Crippen LogP contribution in [0.2, 0.25) is 0 Å². The molecule has 1 N–H and O–H groups in total. The molecule has 0 amide bonds. The van der Waals surface area contributed by atoms with Crippen LogP contribution in [0, 0.1) is 0 Å². The van der Waals surface area contributed by atoms with Crippen molar-refractivity contribution in [3.63, 3.8) is 0 Å². The van der Waals surface area contributed by atoms with Crippen molar-refractivity contribution in [1.82, 2.24) is 15.0 Å². The summed E-state index contributed by atoms with van der Waals surface area (Å²) in [5, 5.41) is 17.0. The van der Waals surface area contributed by atoms with E-state index in [1.54, 1.807) is 16.8 Å². The molecule has 0 saturated heterocycles. The normalized spacial score (nSPS) is 11.0. The van der Waals surface area contributed by atoms with E-state index in [9.17, 15) is 4.79 Å². The third kappa shape index (κ3) is 3.29. The van der Waals surface area contributed by atoms with Gasteiger partial charge in [-0.05, 0) is 24.6 Å². The maximum Gasteiger partial charge on any atom is 0.335 e. The average molecular weight is 263 g/mol. The summed E-state index contributed by atoms with van der Waals surface area (Å²) in [6, 6.07) is 4.78. The number of nitrogens with zero attached hydrogens (tertiary/aromatic N) is 3. The monoisotopic (exact) mass is 263 g/mol. The zero-order valence-electron chi connectivity index (χ0n) is 10.9. The largest absolute Gasteiger partial charge is 0.478 e. The van der Waals surface area contributed by atoms with Crippen molar-refractivity contribution in [3.05, 3.63) is 23.8 Å². The summed E-state index contributed by atoms with van der Waals surface area (Å²) >= 11 is 0. The quantitative estimate of drug-likeness (QED) is 0.772. The van der Waals surface area contributed by atoms with Gasteiger partial charge in [-0.15, -0.1) is 5.10 Å². The van der Waals surface area contributed by atoms with Crippen molar-refractivity contribution >= 4 is 17.0 Å².